The Morgan fingerprint density at radius 1 is 1.28 bits per heavy atom. The Hall–Kier alpha value is -2.55. The molecule has 3 heterocycles. The van der Waals surface area contributed by atoms with Gasteiger partial charge in [-0.15, -0.1) is 11.3 Å². The van der Waals surface area contributed by atoms with Crippen molar-refractivity contribution in [1.82, 2.24) is 20.3 Å². The molecule has 1 amide bonds. The standard InChI is InChI=1S/C20H19ClN4O3S/c1-12-7-23-15(8-22-12)9-24-19(26)13-4-14(20-25-10-18(21)29-20)6-17(5-13)28-16-2-3-27-11-16/h4-8,10,16H,2-3,9,11H2,1H3,(H,24,26). The van der Waals surface area contributed by atoms with Crippen LogP contribution in [0.1, 0.15) is 28.2 Å². The predicted molar refractivity (Wildman–Crippen MR) is 110 cm³/mol. The average Bonchev–Trinajstić information content (AvgIpc) is 3.39. The lowest BCUT2D eigenvalue weighted by Gasteiger charge is -2.14. The van der Waals surface area contributed by atoms with E-state index >= 15 is 0 Å². The molecule has 29 heavy (non-hydrogen) atoms. The van der Waals surface area contributed by atoms with Crippen LogP contribution in [0.4, 0.5) is 0 Å². The number of rotatable bonds is 6. The van der Waals surface area contributed by atoms with Crippen molar-refractivity contribution >= 4 is 28.8 Å². The first kappa shape index (κ1) is 19.8. The quantitative estimate of drug-likeness (QED) is 0.642. The third-order valence-corrected chi connectivity index (χ3v) is 5.51. The SMILES string of the molecule is Cc1cnc(CNC(=O)c2cc(OC3CCOC3)cc(-c3ncc(Cl)s3)c2)cn1. The molecule has 1 aliphatic heterocycles. The lowest BCUT2D eigenvalue weighted by molar-refractivity contribution is 0.0949. The second kappa shape index (κ2) is 8.86. The van der Waals surface area contributed by atoms with Crippen molar-refractivity contribution in [3.8, 4) is 16.3 Å². The molecule has 0 radical (unpaired) electrons. The summed E-state index contributed by atoms with van der Waals surface area (Å²) in [6.45, 7) is 3.37. The molecule has 1 fully saturated rings. The van der Waals surface area contributed by atoms with Gasteiger partial charge in [0.1, 0.15) is 21.2 Å². The Labute approximate surface area is 177 Å². The van der Waals surface area contributed by atoms with Crippen LogP contribution in [-0.4, -0.2) is 40.2 Å². The number of hydrogen-bond acceptors (Lipinski definition) is 7. The number of hydrogen-bond donors (Lipinski definition) is 1. The van der Waals surface area contributed by atoms with E-state index in [0.29, 0.717) is 34.6 Å². The minimum absolute atomic E-state index is 0.0242. The van der Waals surface area contributed by atoms with Gasteiger partial charge in [-0.25, -0.2) is 4.98 Å². The maximum atomic E-state index is 12.8. The minimum Gasteiger partial charge on any atom is -0.488 e. The van der Waals surface area contributed by atoms with E-state index in [0.717, 1.165) is 22.7 Å². The maximum absolute atomic E-state index is 12.8. The zero-order valence-electron chi connectivity index (χ0n) is 15.7. The Bertz CT molecular complexity index is 1000. The first-order chi connectivity index (χ1) is 14.1. The van der Waals surface area contributed by atoms with Crippen LogP contribution in [0.25, 0.3) is 10.6 Å². The third-order valence-electron chi connectivity index (χ3n) is 4.35. The summed E-state index contributed by atoms with van der Waals surface area (Å²) in [5.74, 6) is 0.369. The molecule has 1 saturated heterocycles. The van der Waals surface area contributed by atoms with Gasteiger partial charge in [-0.2, -0.15) is 0 Å². The van der Waals surface area contributed by atoms with E-state index in [2.05, 4.69) is 20.3 Å². The Balaban J connectivity index is 1.56. The number of ether oxygens (including phenoxy) is 2. The van der Waals surface area contributed by atoms with Crippen LogP contribution in [0.5, 0.6) is 5.75 Å². The Morgan fingerprint density at radius 2 is 2.17 bits per heavy atom. The van der Waals surface area contributed by atoms with E-state index in [1.165, 1.54) is 11.3 Å². The van der Waals surface area contributed by atoms with Gasteiger partial charge in [0.2, 0.25) is 0 Å². The van der Waals surface area contributed by atoms with Gasteiger partial charge in [0.25, 0.3) is 5.91 Å². The fraction of sp³-hybridized carbons (Fsp3) is 0.300. The zero-order chi connectivity index (χ0) is 20.2. The van der Waals surface area contributed by atoms with Crippen molar-refractivity contribution in [2.45, 2.75) is 26.0 Å². The van der Waals surface area contributed by atoms with Crippen molar-refractivity contribution in [2.24, 2.45) is 0 Å². The van der Waals surface area contributed by atoms with Crippen molar-refractivity contribution in [2.75, 3.05) is 13.2 Å². The van der Waals surface area contributed by atoms with Gasteiger partial charge >= 0.3 is 0 Å². The Kier molecular flexibility index (Phi) is 6.03. The molecule has 0 spiro atoms. The number of nitrogens with zero attached hydrogens (tertiary/aromatic N) is 3. The normalized spacial score (nSPS) is 16.0. The fourth-order valence-electron chi connectivity index (χ4n) is 2.89. The number of nitrogens with one attached hydrogen (secondary N) is 1. The Morgan fingerprint density at radius 3 is 2.86 bits per heavy atom. The van der Waals surface area contributed by atoms with E-state index < -0.39 is 0 Å². The van der Waals surface area contributed by atoms with Crippen molar-refractivity contribution in [1.29, 1.82) is 0 Å². The first-order valence-electron chi connectivity index (χ1n) is 9.14. The molecule has 150 valence electrons. The van der Waals surface area contributed by atoms with E-state index in [-0.39, 0.29) is 18.6 Å². The van der Waals surface area contributed by atoms with Crippen LogP contribution in [0.2, 0.25) is 4.34 Å². The molecular formula is C20H19ClN4O3S. The van der Waals surface area contributed by atoms with E-state index in [1.54, 1.807) is 30.7 Å². The summed E-state index contributed by atoms with van der Waals surface area (Å²) in [6.07, 6.45) is 5.71. The van der Waals surface area contributed by atoms with Crippen molar-refractivity contribution < 1.29 is 14.3 Å². The smallest absolute Gasteiger partial charge is 0.251 e. The summed E-state index contributed by atoms with van der Waals surface area (Å²) in [5.41, 5.74) is 2.76. The highest BCUT2D eigenvalue weighted by atomic mass is 35.5. The summed E-state index contributed by atoms with van der Waals surface area (Å²) in [4.78, 5) is 25.5. The van der Waals surface area contributed by atoms with Crippen molar-refractivity contribution in [3.63, 3.8) is 0 Å². The average molecular weight is 431 g/mol. The molecular weight excluding hydrogens is 412 g/mol. The summed E-state index contributed by atoms with van der Waals surface area (Å²) in [6, 6.07) is 5.38. The highest BCUT2D eigenvalue weighted by Crippen LogP contribution is 2.32. The molecule has 1 unspecified atom stereocenters. The van der Waals surface area contributed by atoms with Gasteiger partial charge in [-0.05, 0) is 25.1 Å². The van der Waals surface area contributed by atoms with E-state index in [9.17, 15) is 4.79 Å². The van der Waals surface area contributed by atoms with Gasteiger partial charge in [-0.3, -0.25) is 14.8 Å². The second-order valence-electron chi connectivity index (χ2n) is 6.65. The lowest BCUT2D eigenvalue weighted by Crippen LogP contribution is -2.24. The molecule has 7 nitrogen and oxygen atoms in total. The van der Waals surface area contributed by atoms with Crippen LogP contribution < -0.4 is 10.1 Å². The van der Waals surface area contributed by atoms with Crippen LogP contribution in [0.15, 0.2) is 36.8 Å². The minimum atomic E-state index is -0.232. The van der Waals surface area contributed by atoms with Crippen LogP contribution in [0, 0.1) is 6.92 Å². The summed E-state index contributed by atoms with van der Waals surface area (Å²) in [5, 5.41) is 3.60. The van der Waals surface area contributed by atoms with E-state index in [4.69, 9.17) is 21.1 Å². The fourth-order valence-corrected chi connectivity index (χ4v) is 3.79. The third kappa shape index (κ3) is 5.09. The molecule has 0 bridgehead atoms. The largest absolute Gasteiger partial charge is 0.488 e. The first-order valence-corrected chi connectivity index (χ1v) is 10.3. The maximum Gasteiger partial charge on any atom is 0.251 e. The molecule has 1 aliphatic rings. The molecule has 1 N–H and O–H groups in total. The topological polar surface area (TPSA) is 86.2 Å². The molecule has 2 aromatic heterocycles. The number of aryl methyl sites for hydroxylation is 1. The molecule has 0 saturated carbocycles. The number of amides is 1. The molecule has 9 heteroatoms. The number of benzene rings is 1. The zero-order valence-corrected chi connectivity index (χ0v) is 17.3. The van der Waals surface area contributed by atoms with Gasteiger partial charge in [0.15, 0.2) is 0 Å². The highest BCUT2D eigenvalue weighted by molar-refractivity contribution is 7.18. The summed E-state index contributed by atoms with van der Waals surface area (Å²) >= 11 is 7.38. The van der Waals surface area contributed by atoms with Crippen molar-refractivity contribution in [3.05, 3.63) is 58.1 Å². The van der Waals surface area contributed by atoms with Gasteiger partial charge in [0, 0.05) is 23.7 Å². The summed E-state index contributed by atoms with van der Waals surface area (Å²) < 4.78 is 12.0. The number of halogens is 1. The number of thiazole rings is 1. The lowest BCUT2D eigenvalue weighted by atomic mass is 10.1. The second-order valence-corrected chi connectivity index (χ2v) is 8.31. The van der Waals surface area contributed by atoms with Gasteiger partial charge in [-0.1, -0.05) is 11.6 Å². The van der Waals surface area contributed by atoms with Crippen LogP contribution in [-0.2, 0) is 11.3 Å². The number of aromatic nitrogens is 3. The molecule has 0 aliphatic carbocycles. The number of carbonyl (C=O) groups excluding carboxylic acids is 1. The molecule has 1 aromatic carbocycles. The van der Waals surface area contributed by atoms with Crippen LogP contribution >= 0.6 is 22.9 Å². The van der Waals surface area contributed by atoms with E-state index in [1.807, 2.05) is 13.0 Å². The highest BCUT2D eigenvalue weighted by Gasteiger charge is 2.19. The number of carbonyl (C=O) groups is 1. The van der Waals surface area contributed by atoms with Gasteiger partial charge in [0.05, 0.1) is 43.5 Å². The molecule has 3 aromatic rings. The van der Waals surface area contributed by atoms with Crippen LogP contribution in [0.3, 0.4) is 0 Å². The predicted octanol–water partition coefficient (Wildman–Crippen LogP) is 3.66. The monoisotopic (exact) mass is 430 g/mol. The molecule has 1 atom stereocenters. The molecule has 4 rings (SSSR count). The summed E-state index contributed by atoms with van der Waals surface area (Å²) in [7, 11) is 0. The van der Waals surface area contributed by atoms with Gasteiger partial charge < -0.3 is 14.8 Å².